The van der Waals surface area contributed by atoms with E-state index >= 15 is 0 Å². The normalized spacial score (nSPS) is 9.71. The van der Waals surface area contributed by atoms with Crippen LogP contribution in [0.3, 0.4) is 0 Å². The lowest BCUT2D eigenvalue weighted by Gasteiger charge is -2.02. The fraction of sp³-hybridized carbons (Fsp3) is 0.429. The number of esters is 1. The highest BCUT2D eigenvalue weighted by Gasteiger charge is 2.21. The second kappa shape index (κ2) is 7.98. The van der Waals surface area contributed by atoms with Crippen molar-refractivity contribution in [1.29, 1.82) is 0 Å². The molecule has 116 valence electrons. The Kier molecular flexibility index (Phi) is 6.32. The van der Waals surface area contributed by atoms with Gasteiger partial charge in [-0.05, 0) is 26.0 Å². The molecule has 0 aliphatic heterocycles. The number of aryl methyl sites for hydroxylation is 1. The molecule has 0 bridgehead atoms. The van der Waals surface area contributed by atoms with E-state index in [1.54, 1.807) is 13.0 Å². The van der Waals surface area contributed by atoms with Gasteiger partial charge in [-0.3, -0.25) is 4.79 Å². The lowest BCUT2D eigenvalue weighted by molar-refractivity contribution is 0.0481. The van der Waals surface area contributed by atoms with E-state index in [2.05, 4.69) is 10.5 Å². The minimum absolute atomic E-state index is 0.0347. The molecule has 7 nitrogen and oxygen atoms in total. The Morgan fingerprint density at radius 3 is 2.67 bits per heavy atom. The standard InChI is InChI=1S/C12H14N2O5.C2H6/c1-3-17-12(16)10-9(11(15)14-19-10)13-6-8-5-4-7(2)18-8;1-2/h4-5,13H,3,6H2,1-2H3,(H,14,15);1-2H3. The van der Waals surface area contributed by atoms with Crippen molar-refractivity contribution in [2.75, 3.05) is 11.9 Å². The molecule has 0 spiro atoms. The molecule has 7 heteroatoms. The van der Waals surface area contributed by atoms with Crippen LogP contribution in [0.25, 0.3) is 0 Å². The summed E-state index contributed by atoms with van der Waals surface area (Å²) in [6.07, 6.45) is 0. The molecule has 0 saturated carbocycles. The molecule has 0 amide bonds. The van der Waals surface area contributed by atoms with Crippen LogP contribution in [-0.2, 0) is 11.3 Å². The quantitative estimate of drug-likeness (QED) is 0.823. The number of hydrogen-bond donors (Lipinski definition) is 2. The molecule has 0 aromatic carbocycles. The zero-order valence-corrected chi connectivity index (χ0v) is 12.6. The third kappa shape index (κ3) is 4.27. The van der Waals surface area contributed by atoms with Crippen LogP contribution in [0.2, 0.25) is 0 Å². The molecule has 0 aliphatic carbocycles. The molecule has 0 radical (unpaired) electrons. The molecule has 2 aromatic heterocycles. The highest BCUT2D eigenvalue weighted by molar-refractivity contribution is 5.92. The molecule has 0 saturated heterocycles. The predicted octanol–water partition coefficient (Wildman–Crippen LogP) is 2.68. The molecule has 0 atom stereocenters. The summed E-state index contributed by atoms with van der Waals surface area (Å²) in [5.74, 6) is 0.547. The van der Waals surface area contributed by atoms with Crippen LogP contribution in [-0.4, -0.2) is 17.7 Å². The third-order valence-corrected chi connectivity index (χ3v) is 2.40. The second-order valence-corrected chi connectivity index (χ2v) is 3.82. The summed E-state index contributed by atoms with van der Waals surface area (Å²) in [7, 11) is 0. The highest BCUT2D eigenvalue weighted by atomic mass is 16.6. The van der Waals surface area contributed by atoms with Crippen molar-refractivity contribution >= 4 is 11.7 Å². The Bertz CT molecular complexity index is 623. The van der Waals surface area contributed by atoms with Gasteiger partial charge >= 0.3 is 11.5 Å². The van der Waals surface area contributed by atoms with Gasteiger partial charge in [-0.15, -0.1) is 0 Å². The number of hydrogen-bond acceptors (Lipinski definition) is 6. The minimum atomic E-state index is -0.695. The first-order valence-corrected chi connectivity index (χ1v) is 6.79. The van der Waals surface area contributed by atoms with Gasteiger partial charge in [-0.1, -0.05) is 13.8 Å². The monoisotopic (exact) mass is 296 g/mol. The Labute approximate surface area is 122 Å². The van der Waals surface area contributed by atoms with Crippen LogP contribution in [0.4, 0.5) is 5.69 Å². The second-order valence-electron chi connectivity index (χ2n) is 3.82. The van der Waals surface area contributed by atoms with Crippen LogP contribution in [0.5, 0.6) is 0 Å². The molecule has 2 heterocycles. The van der Waals surface area contributed by atoms with Gasteiger partial charge in [0.1, 0.15) is 11.5 Å². The van der Waals surface area contributed by atoms with E-state index in [1.165, 1.54) is 0 Å². The van der Waals surface area contributed by atoms with Crippen LogP contribution in [0.15, 0.2) is 25.9 Å². The predicted molar refractivity (Wildman–Crippen MR) is 77.4 cm³/mol. The Hall–Kier alpha value is -2.44. The van der Waals surface area contributed by atoms with Gasteiger partial charge in [0.25, 0.3) is 5.76 Å². The average molecular weight is 296 g/mol. The first kappa shape index (κ1) is 16.6. The highest BCUT2D eigenvalue weighted by Crippen LogP contribution is 2.14. The number of ether oxygens (including phenoxy) is 1. The van der Waals surface area contributed by atoms with E-state index in [-0.39, 0.29) is 24.6 Å². The van der Waals surface area contributed by atoms with Crippen molar-refractivity contribution < 1.29 is 18.5 Å². The molecule has 21 heavy (non-hydrogen) atoms. The number of carbonyl (C=O) groups is 1. The van der Waals surface area contributed by atoms with Gasteiger partial charge in [-0.25, -0.2) is 4.79 Å². The van der Waals surface area contributed by atoms with E-state index in [9.17, 15) is 9.59 Å². The number of nitrogens with one attached hydrogen (secondary N) is 2. The zero-order chi connectivity index (χ0) is 15.8. The number of rotatable bonds is 5. The SMILES string of the molecule is CC.CCOC(=O)c1o[nH]c(=O)c1NCc1ccc(C)o1. The summed E-state index contributed by atoms with van der Waals surface area (Å²) in [6, 6.07) is 3.59. The maximum absolute atomic E-state index is 11.6. The van der Waals surface area contributed by atoms with Crippen LogP contribution >= 0.6 is 0 Å². The molecule has 0 fully saturated rings. The van der Waals surface area contributed by atoms with E-state index < -0.39 is 11.5 Å². The van der Waals surface area contributed by atoms with Crippen molar-refractivity contribution in [2.45, 2.75) is 34.2 Å². The summed E-state index contributed by atoms with van der Waals surface area (Å²) in [5, 5.41) is 4.89. The largest absolute Gasteiger partial charge is 0.465 e. The molecular weight excluding hydrogens is 276 g/mol. The minimum Gasteiger partial charge on any atom is -0.465 e. The van der Waals surface area contributed by atoms with Gasteiger partial charge < -0.3 is 19.0 Å². The Morgan fingerprint density at radius 2 is 2.10 bits per heavy atom. The van der Waals surface area contributed by atoms with E-state index in [1.807, 2.05) is 26.8 Å². The molecular formula is C14H20N2O5. The first-order chi connectivity index (χ1) is 10.1. The van der Waals surface area contributed by atoms with E-state index in [0.717, 1.165) is 5.76 Å². The maximum Gasteiger partial charge on any atom is 0.379 e. The van der Waals surface area contributed by atoms with E-state index in [0.29, 0.717) is 5.76 Å². The van der Waals surface area contributed by atoms with Crippen LogP contribution in [0.1, 0.15) is 42.8 Å². The number of anilines is 1. The molecule has 0 aliphatic rings. The van der Waals surface area contributed by atoms with Crippen LogP contribution < -0.4 is 10.9 Å². The van der Waals surface area contributed by atoms with Crippen molar-refractivity contribution in [1.82, 2.24) is 5.16 Å². The summed E-state index contributed by atoms with van der Waals surface area (Å²) in [6.45, 7) is 7.95. The van der Waals surface area contributed by atoms with Crippen molar-refractivity contribution in [3.8, 4) is 0 Å². The van der Waals surface area contributed by atoms with Gasteiger partial charge in [0.05, 0.1) is 13.2 Å². The summed E-state index contributed by atoms with van der Waals surface area (Å²) < 4.78 is 14.9. The maximum atomic E-state index is 11.6. The number of aromatic nitrogens is 1. The topological polar surface area (TPSA) is 97.5 Å². The summed E-state index contributed by atoms with van der Waals surface area (Å²) in [5.41, 5.74) is -0.487. The summed E-state index contributed by atoms with van der Waals surface area (Å²) in [4.78, 5) is 23.1. The number of furan rings is 1. The average Bonchev–Trinajstić information content (AvgIpc) is 3.05. The molecule has 2 N–H and O–H groups in total. The van der Waals surface area contributed by atoms with Gasteiger partial charge in [0, 0.05) is 0 Å². The lowest BCUT2D eigenvalue weighted by Crippen LogP contribution is -2.13. The fourth-order valence-electron chi connectivity index (χ4n) is 1.56. The molecule has 2 aromatic rings. The smallest absolute Gasteiger partial charge is 0.379 e. The Morgan fingerprint density at radius 1 is 1.38 bits per heavy atom. The Balaban J connectivity index is 0.00000106. The summed E-state index contributed by atoms with van der Waals surface area (Å²) >= 11 is 0. The number of H-pyrrole nitrogens is 1. The zero-order valence-electron chi connectivity index (χ0n) is 12.6. The third-order valence-electron chi connectivity index (χ3n) is 2.40. The number of carbonyl (C=O) groups excluding carboxylic acids is 1. The van der Waals surface area contributed by atoms with Crippen molar-refractivity contribution in [3.63, 3.8) is 0 Å². The fourth-order valence-corrected chi connectivity index (χ4v) is 1.56. The lowest BCUT2D eigenvalue weighted by atomic mass is 10.3. The van der Waals surface area contributed by atoms with Gasteiger partial charge in [-0.2, -0.15) is 5.16 Å². The molecule has 0 unspecified atom stereocenters. The van der Waals surface area contributed by atoms with Crippen LogP contribution in [0, 0.1) is 6.92 Å². The molecule has 2 rings (SSSR count). The first-order valence-electron chi connectivity index (χ1n) is 6.79. The van der Waals surface area contributed by atoms with Gasteiger partial charge in [0.2, 0.25) is 0 Å². The van der Waals surface area contributed by atoms with Gasteiger partial charge in [0.15, 0.2) is 5.69 Å². The van der Waals surface area contributed by atoms with Crippen molar-refractivity contribution in [2.24, 2.45) is 0 Å². The van der Waals surface area contributed by atoms with E-state index in [4.69, 9.17) is 13.7 Å². The van der Waals surface area contributed by atoms with Crippen molar-refractivity contribution in [3.05, 3.63) is 39.8 Å². The number of aromatic amines is 1.